The molecule has 5 heteroatoms. The fourth-order valence-electron chi connectivity index (χ4n) is 4.20. The molecule has 1 amide bonds. The molecule has 142 valence electrons. The van der Waals surface area contributed by atoms with Crippen molar-refractivity contribution in [3.8, 4) is 5.75 Å². The molecule has 2 aromatic carbocycles. The molecule has 0 N–H and O–H groups in total. The van der Waals surface area contributed by atoms with Gasteiger partial charge < -0.3 is 14.5 Å². The summed E-state index contributed by atoms with van der Waals surface area (Å²) in [4.78, 5) is 17.8. The number of carbonyl (C=O) groups is 1. The molecule has 0 aromatic heterocycles. The Bertz CT molecular complexity index is 809. The lowest BCUT2D eigenvalue weighted by Gasteiger charge is -2.46. The van der Waals surface area contributed by atoms with E-state index >= 15 is 0 Å². The van der Waals surface area contributed by atoms with Crippen LogP contribution in [-0.4, -0.2) is 44.1 Å². The molecule has 0 bridgehead atoms. The number of hydrogen-bond acceptors (Lipinski definition) is 3. The second-order valence-corrected chi connectivity index (χ2v) is 7.86. The van der Waals surface area contributed by atoms with Crippen LogP contribution in [0.5, 0.6) is 5.75 Å². The molecule has 0 unspecified atom stereocenters. The number of hydrogen-bond donors (Lipinski definition) is 0. The van der Waals surface area contributed by atoms with Crippen LogP contribution in [0.1, 0.15) is 24.8 Å². The van der Waals surface area contributed by atoms with Gasteiger partial charge in [-0.15, -0.1) is 0 Å². The number of amides is 1. The van der Waals surface area contributed by atoms with Crippen molar-refractivity contribution < 1.29 is 9.53 Å². The van der Waals surface area contributed by atoms with Crippen molar-refractivity contribution in [2.24, 2.45) is 0 Å². The van der Waals surface area contributed by atoms with Crippen molar-refractivity contribution in [3.05, 3.63) is 59.1 Å². The van der Waals surface area contributed by atoms with E-state index < -0.39 is 0 Å². The molecule has 0 atom stereocenters. The Kier molecular flexibility index (Phi) is 5.00. The number of nitrogens with zero attached hydrogens (tertiary/aromatic N) is 2. The zero-order valence-corrected chi connectivity index (χ0v) is 16.4. The zero-order valence-electron chi connectivity index (χ0n) is 15.7. The van der Waals surface area contributed by atoms with Gasteiger partial charge in [0.05, 0.1) is 12.5 Å². The predicted molar refractivity (Wildman–Crippen MR) is 109 cm³/mol. The van der Waals surface area contributed by atoms with Crippen molar-refractivity contribution in [2.75, 3.05) is 38.2 Å². The Balaban J connectivity index is 1.45. The Morgan fingerprint density at radius 3 is 2.33 bits per heavy atom. The highest BCUT2D eigenvalue weighted by molar-refractivity contribution is 6.30. The molecule has 2 fully saturated rings. The summed E-state index contributed by atoms with van der Waals surface area (Å²) in [6.45, 7) is 3.20. The Labute approximate surface area is 165 Å². The number of benzene rings is 2. The van der Waals surface area contributed by atoms with Crippen LogP contribution in [0.3, 0.4) is 0 Å². The van der Waals surface area contributed by atoms with Crippen molar-refractivity contribution in [1.82, 2.24) is 4.90 Å². The van der Waals surface area contributed by atoms with E-state index in [-0.39, 0.29) is 11.3 Å². The van der Waals surface area contributed by atoms with Crippen LogP contribution in [0.2, 0.25) is 5.02 Å². The third-order valence-electron chi connectivity index (χ3n) is 6.00. The van der Waals surface area contributed by atoms with Gasteiger partial charge in [-0.25, -0.2) is 0 Å². The lowest BCUT2D eigenvalue weighted by Crippen LogP contribution is -2.56. The van der Waals surface area contributed by atoms with Crippen molar-refractivity contribution in [2.45, 2.75) is 24.7 Å². The van der Waals surface area contributed by atoms with Gasteiger partial charge >= 0.3 is 0 Å². The van der Waals surface area contributed by atoms with Gasteiger partial charge in [-0.1, -0.05) is 36.2 Å². The molecule has 0 radical (unpaired) electrons. The molecule has 0 spiro atoms. The van der Waals surface area contributed by atoms with Crippen molar-refractivity contribution in [3.63, 3.8) is 0 Å². The van der Waals surface area contributed by atoms with Gasteiger partial charge in [0.15, 0.2) is 0 Å². The number of carbonyl (C=O) groups excluding carboxylic acids is 1. The maximum atomic E-state index is 13.4. The van der Waals surface area contributed by atoms with Gasteiger partial charge in [-0.05, 0) is 42.7 Å². The van der Waals surface area contributed by atoms with Crippen LogP contribution >= 0.6 is 11.6 Å². The van der Waals surface area contributed by atoms with E-state index in [1.807, 2.05) is 41.3 Å². The van der Waals surface area contributed by atoms with Crippen LogP contribution in [0, 0.1) is 0 Å². The molecular formula is C22H25ClN2O2. The number of anilines is 1. The van der Waals surface area contributed by atoms with Crippen molar-refractivity contribution >= 4 is 23.2 Å². The molecule has 1 aliphatic heterocycles. The summed E-state index contributed by atoms with van der Waals surface area (Å²) in [7, 11) is 1.69. The number of methoxy groups -OCH3 is 1. The average molecular weight is 385 g/mol. The molecule has 4 rings (SSSR count). The second-order valence-electron chi connectivity index (χ2n) is 7.42. The van der Waals surface area contributed by atoms with Crippen LogP contribution < -0.4 is 9.64 Å². The van der Waals surface area contributed by atoms with Crippen molar-refractivity contribution in [1.29, 1.82) is 0 Å². The van der Waals surface area contributed by atoms with E-state index in [0.29, 0.717) is 5.02 Å². The summed E-state index contributed by atoms with van der Waals surface area (Å²) in [5, 5.41) is 0.715. The molecule has 4 nitrogen and oxygen atoms in total. The van der Waals surface area contributed by atoms with Gasteiger partial charge in [0.2, 0.25) is 5.91 Å². The number of ether oxygens (including phenoxy) is 1. The van der Waals surface area contributed by atoms with Gasteiger partial charge in [0, 0.05) is 43.0 Å². The SMILES string of the molecule is COc1cccc(N2CCN(C(=O)C3(c4ccc(Cl)cc4)CCC3)CC2)c1. The summed E-state index contributed by atoms with van der Waals surface area (Å²) in [6.07, 6.45) is 2.98. The summed E-state index contributed by atoms with van der Waals surface area (Å²) in [5.41, 5.74) is 1.92. The maximum absolute atomic E-state index is 13.4. The molecule has 1 aliphatic carbocycles. The highest BCUT2D eigenvalue weighted by Gasteiger charge is 2.47. The Hall–Kier alpha value is -2.20. The van der Waals surface area contributed by atoms with Gasteiger partial charge in [0.25, 0.3) is 0 Å². The first-order valence-corrected chi connectivity index (χ1v) is 9.95. The minimum Gasteiger partial charge on any atom is -0.497 e. The monoisotopic (exact) mass is 384 g/mol. The number of halogens is 1. The maximum Gasteiger partial charge on any atom is 0.233 e. The minimum absolute atomic E-state index is 0.279. The fraction of sp³-hybridized carbons (Fsp3) is 0.409. The molecule has 2 aromatic rings. The van der Waals surface area contributed by atoms with Gasteiger partial charge in [-0.2, -0.15) is 0 Å². The summed E-state index contributed by atoms with van der Waals surface area (Å²) in [5.74, 6) is 1.14. The smallest absolute Gasteiger partial charge is 0.233 e. The molecule has 1 saturated heterocycles. The van der Waals surface area contributed by atoms with E-state index in [1.54, 1.807) is 7.11 Å². The van der Waals surface area contributed by atoms with E-state index in [4.69, 9.17) is 16.3 Å². The standard InChI is InChI=1S/C22H25ClN2O2/c1-27-20-5-2-4-19(16-20)24-12-14-25(15-13-24)21(26)22(10-3-11-22)17-6-8-18(23)9-7-17/h2,4-9,16H,3,10-15H2,1H3. The molecule has 27 heavy (non-hydrogen) atoms. The highest BCUT2D eigenvalue weighted by atomic mass is 35.5. The fourth-order valence-corrected chi connectivity index (χ4v) is 4.33. The molecular weight excluding hydrogens is 360 g/mol. The normalized spacial score (nSPS) is 18.7. The van der Waals surface area contributed by atoms with E-state index in [0.717, 1.165) is 62.4 Å². The third kappa shape index (κ3) is 3.39. The highest BCUT2D eigenvalue weighted by Crippen LogP contribution is 2.45. The number of rotatable bonds is 4. The largest absolute Gasteiger partial charge is 0.497 e. The van der Waals surface area contributed by atoms with Crippen LogP contribution in [-0.2, 0) is 10.2 Å². The minimum atomic E-state index is -0.345. The topological polar surface area (TPSA) is 32.8 Å². The van der Waals surface area contributed by atoms with Crippen LogP contribution in [0.15, 0.2) is 48.5 Å². The molecule has 2 aliphatic rings. The lowest BCUT2D eigenvalue weighted by molar-refractivity contribution is -0.141. The lowest BCUT2D eigenvalue weighted by atomic mass is 9.63. The summed E-state index contributed by atoms with van der Waals surface area (Å²) < 4.78 is 5.33. The van der Waals surface area contributed by atoms with E-state index in [9.17, 15) is 4.79 Å². The second kappa shape index (κ2) is 7.43. The summed E-state index contributed by atoms with van der Waals surface area (Å²) >= 11 is 6.04. The third-order valence-corrected chi connectivity index (χ3v) is 6.25. The van der Waals surface area contributed by atoms with Crippen LogP contribution in [0.25, 0.3) is 0 Å². The first kappa shape index (κ1) is 18.2. The van der Waals surface area contributed by atoms with Gasteiger partial charge in [0.1, 0.15) is 5.75 Å². The van der Waals surface area contributed by atoms with Crippen LogP contribution in [0.4, 0.5) is 5.69 Å². The first-order chi connectivity index (χ1) is 13.1. The van der Waals surface area contributed by atoms with E-state index in [2.05, 4.69) is 17.0 Å². The van der Waals surface area contributed by atoms with E-state index in [1.165, 1.54) is 0 Å². The predicted octanol–water partition coefficient (Wildman–Crippen LogP) is 4.12. The first-order valence-electron chi connectivity index (χ1n) is 9.57. The quantitative estimate of drug-likeness (QED) is 0.794. The average Bonchev–Trinajstić information content (AvgIpc) is 2.68. The van der Waals surface area contributed by atoms with Gasteiger partial charge in [-0.3, -0.25) is 4.79 Å². The molecule has 1 saturated carbocycles. The number of piperazine rings is 1. The Morgan fingerprint density at radius 2 is 1.74 bits per heavy atom. The Morgan fingerprint density at radius 1 is 1.04 bits per heavy atom. The molecule has 1 heterocycles. The zero-order chi connectivity index (χ0) is 18.9. The summed E-state index contributed by atoms with van der Waals surface area (Å²) in [6, 6.07) is 15.9.